The van der Waals surface area contributed by atoms with Gasteiger partial charge >= 0.3 is 0 Å². The Morgan fingerprint density at radius 3 is 1.38 bits per heavy atom. The predicted molar refractivity (Wildman–Crippen MR) is 245 cm³/mol. The molecular weight excluding hydrogens is 625 g/mol. The van der Waals surface area contributed by atoms with Crippen molar-refractivity contribution < 1.29 is 0 Å². The van der Waals surface area contributed by atoms with Gasteiger partial charge in [-0.1, -0.05) is 177 Å². The van der Waals surface area contributed by atoms with Crippen molar-refractivity contribution in [2.24, 2.45) is 0 Å². The highest BCUT2D eigenvalue weighted by molar-refractivity contribution is 5.78. The van der Waals surface area contributed by atoms with Crippen LogP contribution in [-0.4, -0.2) is 0 Å². The highest BCUT2D eigenvalue weighted by atomic mass is 14.2. The highest BCUT2D eigenvalue weighted by Crippen LogP contribution is 2.30. The Morgan fingerprint density at radius 1 is 0.596 bits per heavy atom. The molecule has 0 saturated carbocycles. The molecule has 0 aliphatic carbocycles. The van der Waals surface area contributed by atoms with Crippen molar-refractivity contribution in [1.82, 2.24) is 0 Å². The summed E-state index contributed by atoms with van der Waals surface area (Å²) < 4.78 is 0. The second-order valence-corrected chi connectivity index (χ2v) is 13.3. The lowest BCUT2D eigenvalue weighted by molar-refractivity contribution is 0.910. The minimum absolute atomic E-state index is 0.831. The summed E-state index contributed by atoms with van der Waals surface area (Å²) in [6, 6.07) is 23.7. The third kappa shape index (κ3) is 20.2. The molecule has 0 aliphatic heterocycles. The predicted octanol–water partition coefficient (Wildman–Crippen LogP) is 17.4. The topological polar surface area (TPSA) is 0 Å². The summed E-state index contributed by atoms with van der Waals surface area (Å²) in [7, 11) is 0. The number of benzene rings is 3. The van der Waals surface area contributed by atoms with Gasteiger partial charge in [-0.05, 0) is 143 Å². The Labute approximate surface area is 325 Å². The van der Waals surface area contributed by atoms with Gasteiger partial charge in [-0.15, -0.1) is 6.58 Å². The number of hydrogen-bond acceptors (Lipinski definition) is 0. The van der Waals surface area contributed by atoms with Gasteiger partial charge in [0, 0.05) is 0 Å². The maximum absolute atomic E-state index is 4.34. The molecule has 0 saturated heterocycles. The fourth-order valence-corrected chi connectivity index (χ4v) is 5.74. The van der Waals surface area contributed by atoms with Crippen LogP contribution in [0.2, 0.25) is 0 Å². The summed E-state index contributed by atoms with van der Waals surface area (Å²) in [6.45, 7) is 52.2. The van der Waals surface area contributed by atoms with Gasteiger partial charge in [0.1, 0.15) is 0 Å². The lowest BCUT2D eigenvalue weighted by Gasteiger charge is -2.16. The van der Waals surface area contributed by atoms with Crippen molar-refractivity contribution in [3.63, 3.8) is 0 Å². The largest absolute Gasteiger partial charge is 0.100 e. The Bertz CT molecular complexity index is 1520. The monoisotopic (exact) mass is 705 g/mol. The van der Waals surface area contributed by atoms with Gasteiger partial charge in [0.25, 0.3) is 0 Å². The molecule has 0 spiro atoms. The van der Waals surface area contributed by atoms with Crippen LogP contribution in [0, 0.1) is 13.8 Å². The van der Waals surface area contributed by atoms with Crippen LogP contribution in [-0.2, 0) is 12.8 Å². The SMILES string of the molecule is C=C(C)C(=C(C)C)/C(C)=C(\C)c1ccc(CC(=C)c2ccccc2C(=C)C)cc1.C=C(C)CCC.CC.CC.CCC.CCc1c(C)cccc1C. The van der Waals surface area contributed by atoms with Crippen molar-refractivity contribution in [2.45, 2.75) is 150 Å². The van der Waals surface area contributed by atoms with Gasteiger partial charge in [0.15, 0.2) is 0 Å². The smallest absolute Gasteiger partial charge is 0.00255 e. The summed E-state index contributed by atoms with van der Waals surface area (Å²) in [5, 5.41) is 0. The first-order valence-corrected chi connectivity index (χ1v) is 19.8. The second-order valence-electron chi connectivity index (χ2n) is 13.3. The molecule has 0 heterocycles. The molecule has 0 amide bonds. The average Bonchev–Trinajstić information content (AvgIpc) is 3.10. The number of allylic oxidation sites excluding steroid dienone is 8. The van der Waals surface area contributed by atoms with E-state index in [0.717, 1.165) is 29.6 Å². The first kappa shape index (κ1) is 52.5. The van der Waals surface area contributed by atoms with Gasteiger partial charge in [-0.2, -0.15) is 0 Å². The molecule has 0 N–H and O–H groups in total. The third-order valence-corrected chi connectivity index (χ3v) is 8.11. The molecular formula is C52H80. The van der Waals surface area contributed by atoms with Crippen LogP contribution >= 0.6 is 0 Å². The van der Waals surface area contributed by atoms with Gasteiger partial charge in [-0.3, -0.25) is 0 Å². The Morgan fingerprint density at radius 2 is 1.06 bits per heavy atom. The highest BCUT2D eigenvalue weighted by Gasteiger charge is 2.10. The maximum atomic E-state index is 4.34. The van der Waals surface area contributed by atoms with E-state index < -0.39 is 0 Å². The molecule has 0 atom stereocenters. The van der Waals surface area contributed by atoms with Crippen LogP contribution in [0.15, 0.2) is 121 Å². The molecule has 0 fully saturated rings. The summed E-state index contributed by atoms with van der Waals surface area (Å²) >= 11 is 0. The van der Waals surface area contributed by atoms with Crippen molar-refractivity contribution >= 4 is 16.7 Å². The third-order valence-electron chi connectivity index (χ3n) is 8.11. The summed E-state index contributed by atoms with van der Waals surface area (Å²) in [5.74, 6) is 0. The fourth-order valence-electron chi connectivity index (χ4n) is 5.74. The molecule has 3 aromatic carbocycles. The number of hydrogen-bond donors (Lipinski definition) is 0. The first-order valence-electron chi connectivity index (χ1n) is 19.8. The zero-order valence-electron chi connectivity index (χ0n) is 37.2. The van der Waals surface area contributed by atoms with Gasteiger partial charge in [-0.25, -0.2) is 0 Å². The molecule has 3 rings (SSSR count). The van der Waals surface area contributed by atoms with Gasteiger partial charge < -0.3 is 0 Å². The quantitative estimate of drug-likeness (QED) is 0.146. The zero-order chi connectivity index (χ0) is 41.0. The molecule has 0 aliphatic rings. The van der Waals surface area contributed by atoms with E-state index in [1.807, 2.05) is 34.6 Å². The molecule has 0 radical (unpaired) electrons. The first-order chi connectivity index (χ1) is 24.6. The average molecular weight is 705 g/mol. The molecule has 0 nitrogen and oxygen atoms in total. The zero-order valence-corrected chi connectivity index (χ0v) is 37.2. The Balaban J connectivity index is -0.000000849. The van der Waals surface area contributed by atoms with Crippen LogP contribution in [0.25, 0.3) is 16.7 Å². The van der Waals surface area contributed by atoms with Gasteiger partial charge in [0.2, 0.25) is 0 Å². The van der Waals surface area contributed by atoms with Crippen LogP contribution in [0.3, 0.4) is 0 Å². The van der Waals surface area contributed by atoms with Crippen LogP contribution < -0.4 is 0 Å². The van der Waals surface area contributed by atoms with Crippen LogP contribution in [0.5, 0.6) is 0 Å². The molecule has 3 aromatic rings. The van der Waals surface area contributed by atoms with Gasteiger partial charge in [0.05, 0.1) is 0 Å². The van der Waals surface area contributed by atoms with E-state index in [1.165, 1.54) is 86.1 Å². The molecule has 0 aromatic heterocycles. The second kappa shape index (κ2) is 30.7. The van der Waals surface area contributed by atoms with E-state index in [1.54, 1.807) is 0 Å². The fraction of sp³-hybridized carbons (Fsp3) is 0.423. The van der Waals surface area contributed by atoms with Crippen molar-refractivity contribution in [1.29, 1.82) is 0 Å². The summed E-state index contributed by atoms with van der Waals surface area (Å²) in [4.78, 5) is 0. The Hall–Kier alpha value is -3.90. The molecule has 52 heavy (non-hydrogen) atoms. The van der Waals surface area contributed by atoms with E-state index in [9.17, 15) is 0 Å². The molecule has 0 bridgehead atoms. The minimum atomic E-state index is 0.831. The van der Waals surface area contributed by atoms with E-state index >= 15 is 0 Å². The van der Waals surface area contributed by atoms with Crippen LogP contribution in [0.1, 0.15) is 162 Å². The maximum Gasteiger partial charge on any atom is -0.00255 e. The molecule has 0 heteroatoms. The lowest BCUT2D eigenvalue weighted by atomic mass is 9.89. The summed E-state index contributed by atoms with van der Waals surface area (Å²) in [5.41, 5.74) is 19.0. The molecule has 0 unspecified atom stereocenters. The Kier molecular flexibility index (Phi) is 31.0. The summed E-state index contributed by atoms with van der Waals surface area (Å²) in [6.07, 6.45) is 5.64. The van der Waals surface area contributed by atoms with E-state index in [0.29, 0.717) is 0 Å². The molecule has 288 valence electrons. The number of rotatable bonds is 10. The van der Waals surface area contributed by atoms with Crippen LogP contribution in [0.4, 0.5) is 0 Å². The van der Waals surface area contributed by atoms with Crippen molar-refractivity contribution in [2.75, 3.05) is 0 Å². The van der Waals surface area contributed by atoms with E-state index in [4.69, 9.17) is 0 Å². The normalized spacial score (nSPS) is 9.87. The minimum Gasteiger partial charge on any atom is -0.100 e. The number of aryl methyl sites for hydroxylation is 2. The standard InChI is InChI=1S/C29H34.C10H14.C6H12.C3H8.2C2H6/c1-19(2)27-12-10-11-13-28(27)22(7)18-25-14-16-26(17-15-25)23(8)24(9)29(20(3)4)21(5)6;1-4-10-8(2)6-5-7-9(10)3;1-4-5-6(2)3;1-3-2;2*1-2/h10-17H,1,3,7,18H2,2,4-6,8-9H3;5-7H,4H2,1-3H3;2,4-5H2,1,3H3;3H2,1-2H3;2*1-2H3/b24-23+;;;;;. The van der Waals surface area contributed by atoms with E-state index in [2.05, 4.69) is 176 Å². The lowest BCUT2D eigenvalue weighted by Crippen LogP contribution is -1.96. The van der Waals surface area contributed by atoms with Crippen molar-refractivity contribution in [3.05, 3.63) is 160 Å². The van der Waals surface area contributed by atoms with E-state index in [-0.39, 0.29) is 0 Å². The van der Waals surface area contributed by atoms with Crippen molar-refractivity contribution in [3.8, 4) is 0 Å².